The number of nitrogens with one attached hydrogen (secondary N) is 1. The van der Waals surface area contributed by atoms with Crippen molar-refractivity contribution in [1.82, 2.24) is 10.3 Å². The molecule has 0 saturated carbocycles. The van der Waals surface area contributed by atoms with E-state index in [9.17, 15) is 10.1 Å². The topological polar surface area (TPSA) is 87.5 Å². The van der Waals surface area contributed by atoms with Crippen molar-refractivity contribution in [1.29, 1.82) is 5.26 Å². The van der Waals surface area contributed by atoms with E-state index in [4.69, 9.17) is 9.47 Å². The van der Waals surface area contributed by atoms with Crippen LogP contribution in [0.15, 0.2) is 36.5 Å². The average Bonchev–Trinajstić information content (AvgIpc) is 2.77. The number of pyridine rings is 1. The molecule has 2 aromatic rings. The zero-order valence-corrected chi connectivity index (χ0v) is 16.1. The van der Waals surface area contributed by atoms with E-state index in [0.717, 1.165) is 31.7 Å². The maximum atomic E-state index is 12.5. The number of piperidine rings is 1. The van der Waals surface area contributed by atoms with E-state index in [0.29, 0.717) is 35.1 Å². The van der Waals surface area contributed by atoms with Gasteiger partial charge in [-0.3, -0.25) is 4.79 Å². The molecule has 0 radical (unpaired) electrons. The van der Waals surface area contributed by atoms with Gasteiger partial charge in [-0.05, 0) is 43.0 Å². The maximum Gasteiger partial charge on any atom is 0.251 e. The van der Waals surface area contributed by atoms with Crippen LogP contribution in [0.4, 0.5) is 5.82 Å². The number of benzene rings is 1. The van der Waals surface area contributed by atoms with Gasteiger partial charge >= 0.3 is 0 Å². The number of carbonyl (C=O) groups excluding carboxylic acids is 1. The van der Waals surface area contributed by atoms with Crippen LogP contribution in [0.2, 0.25) is 0 Å². The summed E-state index contributed by atoms with van der Waals surface area (Å²) in [5.74, 6) is 2.16. The predicted molar refractivity (Wildman–Crippen MR) is 106 cm³/mol. The highest BCUT2D eigenvalue weighted by molar-refractivity contribution is 5.95. The summed E-state index contributed by atoms with van der Waals surface area (Å²) in [5.41, 5.74) is 1.11. The molecule has 1 aliphatic rings. The number of ether oxygens (including phenoxy) is 2. The Hall–Kier alpha value is -3.27. The SMILES string of the molecule is COc1cc(OC)cc(C(=O)NCC2CCN(c3ncccc3C#N)CC2)c1. The number of rotatable bonds is 6. The molecule has 3 rings (SSSR count). The van der Waals surface area contributed by atoms with Crippen molar-refractivity contribution in [2.24, 2.45) is 5.92 Å². The van der Waals surface area contributed by atoms with Crippen LogP contribution in [0.3, 0.4) is 0 Å². The molecule has 0 spiro atoms. The van der Waals surface area contributed by atoms with E-state index in [1.807, 2.05) is 0 Å². The molecule has 1 amide bonds. The lowest BCUT2D eigenvalue weighted by Gasteiger charge is -2.33. The molecule has 0 unspecified atom stereocenters. The van der Waals surface area contributed by atoms with Crippen LogP contribution < -0.4 is 19.7 Å². The van der Waals surface area contributed by atoms with Crippen molar-refractivity contribution in [3.8, 4) is 17.6 Å². The largest absolute Gasteiger partial charge is 0.497 e. The molecule has 1 saturated heterocycles. The molecule has 1 aromatic carbocycles. The number of aromatic nitrogens is 1. The van der Waals surface area contributed by atoms with Gasteiger partial charge in [0.25, 0.3) is 5.91 Å². The fraction of sp³-hybridized carbons (Fsp3) is 0.381. The van der Waals surface area contributed by atoms with Crippen LogP contribution in [-0.2, 0) is 0 Å². The van der Waals surface area contributed by atoms with Gasteiger partial charge in [-0.25, -0.2) is 4.98 Å². The first-order valence-corrected chi connectivity index (χ1v) is 9.26. The Morgan fingerprint density at radius 2 is 1.93 bits per heavy atom. The lowest BCUT2D eigenvalue weighted by atomic mass is 9.96. The highest BCUT2D eigenvalue weighted by Crippen LogP contribution is 2.25. The van der Waals surface area contributed by atoms with E-state index in [2.05, 4.69) is 21.3 Å². The second kappa shape index (κ2) is 9.09. The lowest BCUT2D eigenvalue weighted by molar-refractivity contribution is 0.0944. The van der Waals surface area contributed by atoms with Gasteiger partial charge in [0.2, 0.25) is 0 Å². The Labute approximate surface area is 164 Å². The van der Waals surface area contributed by atoms with Crippen molar-refractivity contribution < 1.29 is 14.3 Å². The molecule has 7 nitrogen and oxygen atoms in total. The Morgan fingerprint density at radius 3 is 2.54 bits per heavy atom. The summed E-state index contributed by atoms with van der Waals surface area (Å²) in [7, 11) is 3.12. The lowest BCUT2D eigenvalue weighted by Crippen LogP contribution is -2.39. The Kier molecular flexibility index (Phi) is 6.33. The summed E-state index contributed by atoms with van der Waals surface area (Å²) in [6.45, 7) is 2.25. The molecular weight excluding hydrogens is 356 g/mol. The van der Waals surface area contributed by atoms with Gasteiger partial charge in [0, 0.05) is 37.5 Å². The summed E-state index contributed by atoms with van der Waals surface area (Å²) in [5, 5.41) is 12.3. The minimum Gasteiger partial charge on any atom is -0.497 e. The number of amides is 1. The smallest absolute Gasteiger partial charge is 0.251 e. The first-order chi connectivity index (χ1) is 13.6. The molecule has 0 bridgehead atoms. The normalized spacial score (nSPS) is 14.2. The van der Waals surface area contributed by atoms with Crippen LogP contribution in [0, 0.1) is 17.2 Å². The van der Waals surface area contributed by atoms with Crippen molar-refractivity contribution in [2.45, 2.75) is 12.8 Å². The summed E-state index contributed by atoms with van der Waals surface area (Å²) in [6.07, 6.45) is 3.58. The summed E-state index contributed by atoms with van der Waals surface area (Å²) >= 11 is 0. The van der Waals surface area contributed by atoms with Crippen LogP contribution in [0.1, 0.15) is 28.8 Å². The van der Waals surface area contributed by atoms with E-state index in [-0.39, 0.29) is 5.91 Å². The van der Waals surface area contributed by atoms with Gasteiger partial charge in [0.15, 0.2) is 0 Å². The Bertz CT molecular complexity index is 848. The molecule has 28 heavy (non-hydrogen) atoms. The molecule has 1 aliphatic heterocycles. The van der Waals surface area contributed by atoms with Crippen molar-refractivity contribution in [3.63, 3.8) is 0 Å². The Balaban J connectivity index is 1.54. The molecule has 1 N–H and O–H groups in total. The van der Waals surface area contributed by atoms with E-state index >= 15 is 0 Å². The summed E-state index contributed by atoms with van der Waals surface area (Å²) in [6, 6.07) is 10.9. The number of hydrogen-bond donors (Lipinski definition) is 1. The van der Waals surface area contributed by atoms with Crippen molar-refractivity contribution >= 4 is 11.7 Å². The number of nitriles is 1. The van der Waals surface area contributed by atoms with Crippen LogP contribution >= 0.6 is 0 Å². The van der Waals surface area contributed by atoms with Crippen LogP contribution in [0.5, 0.6) is 11.5 Å². The van der Waals surface area contributed by atoms with E-state index < -0.39 is 0 Å². The fourth-order valence-corrected chi connectivity index (χ4v) is 3.36. The van der Waals surface area contributed by atoms with Crippen molar-refractivity contribution in [2.75, 3.05) is 38.8 Å². The zero-order valence-electron chi connectivity index (χ0n) is 16.1. The van der Waals surface area contributed by atoms with Crippen molar-refractivity contribution in [3.05, 3.63) is 47.7 Å². The average molecular weight is 380 g/mol. The third kappa shape index (κ3) is 4.52. The highest BCUT2D eigenvalue weighted by Gasteiger charge is 2.22. The van der Waals surface area contributed by atoms with Gasteiger partial charge in [0.05, 0.1) is 19.8 Å². The van der Waals surface area contributed by atoms with Gasteiger partial charge in [0.1, 0.15) is 23.4 Å². The number of carbonyl (C=O) groups is 1. The first-order valence-electron chi connectivity index (χ1n) is 9.26. The molecule has 1 aromatic heterocycles. The predicted octanol–water partition coefficient (Wildman–Crippen LogP) is 2.62. The molecule has 0 atom stereocenters. The third-order valence-corrected chi connectivity index (χ3v) is 4.99. The molecular formula is C21H24N4O3. The van der Waals surface area contributed by atoms with Crippen LogP contribution in [0.25, 0.3) is 0 Å². The number of hydrogen-bond acceptors (Lipinski definition) is 6. The second-order valence-electron chi connectivity index (χ2n) is 6.73. The van der Waals surface area contributed by atoms with Gasteiger partial charge < -0.3 is 19.7 Å². The highest BCUT2D eigenvalue weighted by atomic mass is 16.5. The summed E-state index contributed by atoms with van der Waals surface area (Å²) in [4.78, 5) is 19.0. The standard InChI is InChI=1S/C21H24N4O3/c1-27-18-10-17(11-19(12-18)28-2)21(26)24-14-15-5-8-25(9-6-15)20-16(13-22)4-3-7-23-20/h3-4,7,10-12,15H,5-6,8-9,14H2,1-2H3,(H,24,26). The summed E-state index contributed by atoms with van der Waals surface area (Å²) < 4.78 is 10.4. The van der Waals surface area contributed by atoms with Gasteiger partial charge in [-0.1, -0.05) is 0 Å². The number of methoxy groups -OCH3 is 2. The molecule has 0 aliphatic carbocycles. The molecule has 146 valence electrons. The number of nitrogens with zero attached hydrogens (tertiary/aromatic N) is 3. The maximum absolute atomic E-state index is 12.5. The van der Waals surface area contributed by atoms with E-state index in [1.54, 1.807) is 50.7 Å². The van der Waals surface area contributed by atoms with Crippen LogP contribution in [-0.4, -0.2) is 44.7 Å². The second-order valence-corrected chi connectivity index (χ2v) is 6.73. The quantitative estimate of drug-likeness (QED) is 0.829. The Morgan fingerprint density at radius 1 is 1.25 bits per heavy atom. The van der Waals surface area contributed by atoms with Gasteiger partial charge in [-0.15, -0.1) is 0 Å². The number of anilines is 1. The molecule has 1 fully saturated rings. The minimum absolute atomic E-state index is 0.142. The minimum atomic E-state index is -0.142. The first kappa shape index (κ1) is 19.5. The molecule has 2 heterocycles. The van der Waals surface area contributed by atoms with E-state index in [1.165, 1.54) is 0 Å². The fourth-order valence-electron chi connectivity index (χ4n) is 3.36. The van der Waals surface area contributed by atoms with Gasteiger partial charge in [-0.2, -0.15) is 5.26 Å². The third-order valence-electron chi connectivity index (χ3n) is 4.99. The monoisotopic (exact) mass is 380 g/mol. The zero-order chi connectivity index (χ0) is 19.9. The molecule has 7 heteroatoms.